The van der Waals surface area contributed by atoms with E-state index in [1.165, 1.54) is 12.8 Å². The molecule has 0 fully saturated rings. The van der Waals surface area contributed by atoms with E-state index in [0.29, 0.717) is 0 Å². The molecule has 0 N–H and O–H groups in total. The molecule has 0 heterocycles. The lowest BCUT2D eigenvalue weighted by Crippen LogP contribution is -1.81. The molecule has 0 aromatic heterocycles. The molecule has 0 aliphatic carbocycles. The molecule has 0 radical (unpaired) electrons. The van der Waals surface area contributed by atoms with E-state index in [1.807, 2.05) is 6.92 Å². The summed E-state index contributed by atoms with van der Waals surface area (Å²) in [5, 5.41) is 0. The van der Waals surface area contributed by atoms with E-state index in [4.69, 9.17) is 0 Å². The van der Waals surface area contributed by atoms with Crippen molar-refractivity contribution in [2.45, 2.75) is 75.2 Å². The average Bonchev–Trinajstić information content (AvgIpc) is 2.02. The van der Waals surface area contributed by atoms with Gasteiger partial charge >= 0.3 is 0 Å². The third-order valence-electron chi connectivity index (χ3n) is 1.44. The molecule has 0 aromatic carbocycles. The van der Waals surface area contributed by atoms with Gasteiger partial charge in [0.25, 0.3) is 0 Å². The van der Waals surface area contributed by atoms with Crippen molar-refractivity contribution in [2.75, 3.05) is 0 Å². The lowest BCUT2D eigenvalue weighted by molar-refractivity contribution is 0.576. The van der Waals surface area contributed by atoms with Crippen molar-refractivity contribution in [1.82, 2.24) is 0 Å². The van der Waals surface area contributed by atoms with Crippen molar-refractivity contribution in [3.8, 4) is 0 Å². The molecule has 0 heteroatoms. The van der Waals surface area contributed by atoms with Crippen LogP contribution in [0.15, 0.2) is 12.2 Å². The zero-order valence-electron chi connectivity index (χ0n) is 13.3. The summed E-state index contributed by atoms with van der Waals surface area (Å²) in [6, 6.07) is 0. The maximum Gasteiger partial charge on any atom is -0.0291 e. The molecule has 0 aliphatic heterocycles. The van der Waals surface area contributed by atoms with Crippen LogP contribution in [0, 0.1) is 17.8 Å². The topological polar surface area (TPSA) is 0 Å². The van der Waals surface area contributed by atoms with Gasteiger partial charge in [0, 0.05) is 0 Å². The average molecular weight is 228 g/mol. The van der Waals surface area contributed by atoms with E-state index >= 15 is 0 Å². The molecule has 0 spiro atoms. The number of hydrogen-bond acceptors (Lipinski definition) is 0. The number of allylic oxidation sites excluding steroid dienone is 2. The highest BCUT2D eigenvalue weighted by atomic mass is 13.9. The van der Waals surface area contributed by atoms with Crippen molar-refractivity contribution in [1.29, 1.82) is 0 Å². The van der Waals surface area contributed by atoms with Crippen LogP contribution in [0.25, 0.3) is 0 Å². The van der Waals surface area contributed by atoms with Crippen molar-refractivity contribution >= 4 is 0 Å². The fraction of sp³-hybridized carbons (Fsp3) is 0.875. The maximum absolute atomic E-state index is 2.25. The van der Waals surface area contributed by atoms with Crippen molar-refractivity contribution in [2.24, 2.45) is 17.8 Å². The molecule has 0 unspecified atom stereocenters. The summed E-state index contributed by atoms with van der Waals surface area (Å²) in [4.78, 5) is 0. The van der Waals surface area contributed by atoms with Gasteiger partial charge in [-0.05, 0) is 24.7 Å². The van der Waals surface area contributed by atoms with Crippen LogP contribution >= 0.6 is 0 Å². The van der Waals surface area contributed by atoms with Gasteiger partial charge in [-0.15, -0.1) is 0 Å². The van der Waals surface area contributed by atoms with Crippen LogP contribution in [-0.4, -0.2) is 0 Å². The van der Waals surface area contributed by atoms with Gasteiger partial charge in [0.1, 0.15) is 0 Å². The molecule has 16 heavy (non-hydrogen) atoms. The molecule has 0 saturated heterocycles. The highest BCUT2D eigenvalue weighted by Gasteiger charge is 1.85. The molecule has 100 valence electrons. The molecule has 0 rings (SSSR count). The van der Waals surface area contributed by atoms with E-state index in [0.717, 1.165) is 17.8 Å². The van der Waals surface area contributed by atoms with Gasteiger partial charge in [-0.2, -0.15) is 0 Å². The predicted octanol–water partition coefficient (Wildman–Crippen LogP) is 6.32. The van der Waals surface area contributed by atoms with E-state index in [1.54, 1.807) is 0 Å². The molecule has 0 aliphatic rings. The lowest BCUT2D eigenvalue weighted by Gasteiger charge is -1.95. The summed E-state index contributed by atoms with van der Waals surface area (Å²) in [6.07, 6.45) is 6.95. The lowest BCUT2D eigenvalue weighted by atomic mass is 10.1. The zero-order chi connectivity index (χ0) is 13.6. The van der Waals surface area contributed by atoms with E-state index in [-0.39, 0.29) is 0 Å². The van der Waals surface area contributed by atoms with Gasteiger partial charge in [-0.3, -0.25) is 0 Å². The van der Waals surface area contributed by atoms with Gasteiger partial charge in [0.2, 0.25) is 0 Å². The third-order valence-corrected chi connectivity index (χ3v) is 1.44. The number of rotatable bonds is 3. The quantitative estimate of drug-likeness (QED) is 0.496. The fourth-order valence-electron chi connectivity index (χ4n) is 0.962. The first-order chi connectivity index (χ1) is 7.27. The first-order valence-corrected chi connectivity index (χ1v) is 6.90. The van der Waals surface area contributed by atoms with Crippen molar-refractivity contribution in [3.05, 3.63) is 12.2 Å². The first-order valence-electron chi connectivity index (χ1n) is 6.90. The normalized spacial score (nSPS) is 10.2. The highest BCUT2D eigenvalue weighted by molar-refractivity contribution is 4.79. The van der Waals surface area contributed by atoms with Crippen LogP contribution in [0.2, 0.25) is 0 Å². The largest absolute Gasteiger partial charge is 0.0914 e. The third kappa shape index (κ3) is 67.7. The Morgan fingerprint density at radius 1 is 0.875 bits per heavy atom. The zero-order valence-corrected chi connectivity index (χ0v) is 13.3. The Hall–Kier alpha value is -0.260. The Labute approximate surface area is 106 Å². The van der Waals surface area contributed by atoms with E-state index in [2.05, 4.69) is 67.5 Å². The maximum atomic E-state index is 2.25. The molecule has 0 atom stereocenters. The summed E-state index contributed by atoms with van der Waals surface area (Å²) < 4.78 is 0. The summed E-state index contributed by atoms with van der Waals surface area (Å²) >= 11 is 0. The summed E-state index contributed by atoms with van der Waals surface area (Å²) in [6.45, 7) is 19.6. The predicted molar refractivity (Wildman–Crippen MR) is 79.9 cm³/mol. The second-order valence-corrected chi connectivity index (χ2v) is 5.68. The fourth-order valence-corrected chi connectivity index (χ4v) is 0.962. The van der Waals surface area contributed by atoms with Crippen LogP contribution < -0.4 is 0 Å². The Morgan fingerprint density at radius 2 is 1.25 bits per heavy atom. The minimum absolute atomic E-state index is 0.718. The molecular weight excluding hydrogens is 192 g/mol. The smallest absolute Gasteiger partial charge is 0.0291 e. The monoisotopic (exact) mass is 228 g/mol. The summed E-state index contributed by atoms with van der Waals surface area (Å²) in [5.41, 5.74) is 0. The second-order valence-electron chi connectivity index (χ2n) is 5.68. The van der Waals surface area contributed by atoms with Crippen LogP contribution in [0.3, 0.4) is 0 Å². The standard InChI is InChI=1S/C6H14.C6H12.C4H10/c2*1-4-5-6(2)3;1-4(2)3/h6H,4-5H2,1-3H3;4-6H,1-3H3;4H,1-3H3/b;5-4+;. The van der Waals surface area contributed by atoms with E-state index in [9.17, 15) is 0 Å². The van der Waals surface area contributed by atoms with Gasteiger partial charge in [0.05, 0.1) is 0 Å². The van der Waals surface area contributed by atoms with Gasteiger partial charge in [-0.1, -0.05) is 80.4 Å². The van der Waals surface area contributed by atoms with Crippen LogP contribution in [0.5, 0.6) is 0 Å². The molecule has 0 nitrogen and oxygen atoms in total. The Morgan fingerprint density at radius 3 is 1.25 bits per heavy atom. The molecule has 0 saturated carbocycles. The second kappa shape index (κ2) is 17.1. The van der Waals surface area contributed by atoms with Gasteiger partial charge < -0.3 is 0 Å². The minimum Gasteiger partial charge on any atom is -0.0914 e. The van der Waals surface area contributed by atoms with Crippen molar-refractivity contribution < 1.29 is 0 Å². The minimum atomic E-state index is 0.718. The van der Waals surface area contributed by atoms with Crippen molar-refractivity contribution in [3.63, 3.8) is 0 Å². The summed E-state index contributed by atoms with van der Waals surface area (Å²) in [5.74, 6) is 2.45. The van der Waals surface area contributed by atoms with Gasteiger partial charge in [0.15, 0.2) is 0 Å². The van der Waals surface area contributed by atoms with Crippen LogP contribution in [0.4, 0.5) is 0 Å². The SMILES string of the molecule is C/C=C/C(C)C.CC(C)C.CCCC(C)C. The molecule has 0 aromatic rings. The Balaban J connectivity index is -0.000000162. The molecular formula is C16H36. The summed E-state index contributed by atoms with van der Waals surface area (Å²) in [7, 11) is 0. The molecule has 0 amide bonds. The highest BCUT2D eigenvalue weighted by Crippen LogP contribution is 2.00. The first kappa shape index (κ1) is 21.1. The Kier molecular flexibility index (Phi) is 22.6. The van der Waals surface area contributed by atoms with Crippen LogP contribution in [0.1, 0.15) is 75.2 Å². The van der Waals surface area contributed by atoms with Crippen LogP contribution in [-0.2, 0) is 0 Å². The van der Waals surface area contributed by atoms with E-state index < -0.39 is 0 Å². The Bertz CT molecular complexity index is 115. The van der Waals surface area contributed by atoms with Gasteiger partial charge in [-0.25, -0.2) is 0 Å². The molecule has 0 bridgehead atoms. The number of hydrogen-bond donors (Lipinski definition) is 0.